The van der Waals surface area contributed by atoms with Crippen LogP contribution in [0.15, 0.2) is 69.8 Å². The number of aliphatic imine (C=N–C) groups is 2. The van der Waals surface area contributed by atoms with E-state index in [2.05, 4.69) is 9.98 Å². The smallest absolute Gasteiger partial charge is 0.344 e. The summed E-state index contributed by atoms with van der Waals surface area (Å²) in [6, 6.07) is 11.9. The lowest BCUT2D eigenvalue weighted by atomic mass is 9.99. The minimum Gasteiger partial charge on any atom is -0.512 e. The van der Waals surface area contributed by atoms with E-state index in [0.717, 1.165) is 0 Å². The van der Waals surface area contributed by atoms with Crippen LogP contribution < -0.4 is 0 Å². The third-order valence-electron chi connectivity index (χ3n) is 4.32. The highest BCUT2D eigenvalue weighted by Gasteiger charge is 2.31. The fraction of sp³-hybridized carbons (Fsp3) is 0.182. The fourth-order valence-corrected chi connectivity index (χ4v) is 2.96. The van der Waals surface area contributed by atoms with Crippen LogP contribution in [0.2, 0.25) is 0 Å². The Labute approximate surface area is 177 Å². The number of nitrogens with zero attached hydrogens (tertiary/aromatic N) is 3. The number of nitro groups is 1. The number of non-ortho nitro benzene ring substituents is 1. The van der Waals surface area contributed by atoms with Crippen molar-refractivity contribution >= 4 is 29.1 Å². The Kier molecular flexibility index (Phi) is 6.05. The van der Waals surface area contributed by atoms with E-state index in [0.29, 0.717) is 11.1 Å². The number of hydrogen-bond acceptors (Lipinski definition) is 6. The van der Waals surface area contributed by atoms with Crippen molar-refractivity contribution < 1.29 is 24.4 Å². The van der Waals surface area contributed by atoms with Gasteiger partial charge >= 0.3 is 5.97 Å². The molecule has 0 atom stereocenters. The van der Waals surface area contributed by atoms with Crippen LogP contribution in [-0.2, 0) is 9.53 Å². The summed E-state index contributed by atoms with van der Waals surface area (Å²) in [6.45, 7) is 4.71. The molecule has 0 fully saturated rings. The predicted octanol–water partition coefficient (Wildman–Crippen LogP) is 3.77. The molecule has 2 aromatic rings. The highest BCUT2D eigenvalue weighted by Crippen LogP contribution is 2.26. The van der Waals surface area contributed by atoms with Crippen LogP contribution in [0.1, 0.15) is 42.3 Å². The fourth-order valence-electron chi connectivity index (χ4n) is 2.96. The average Bonchev–Trinajstić information content (AvgIpc) is 3.05. The van der Waals surface area contributed by atoms with Crippen LogP contribution in [0, 0.1) is 10.1 Å². The monoisotopic (exact) mass is 421 g/mol. The number of esters is 1. The first-order valence-corrected chi connectivity index (χ1v) is 9.36. The molecule has 0 aromatic heterocycles. The van der Waals surface area contributed by atoms with Gasteiger partial charge in [0.15, 0.2) is 5.84 Å². The van der Waals surface area contributed by atoms with Crippen LogP contribution in [0.4, 0.5) is 5.69 Å². The van der Waals surface area contributed by atoms with Crippen LogP contribution in [0.3, 0.4) is 0 Å². The molecule has 1 aliphatic rings. The van der Waals surface area contributed by atoms with Gasteiger partial charge in [-0.05, 0) is 32.9 Å². The minimum atomic E-state index is -0.744. The van der Waals surface area contributed by atoms with Crippen molar-refractivity contribution in [1.29, 1.82) is 0 Å². The number of carbonyl (C=O) groups excluding carboxylic acids is 2. The highest BCUT2D eigenvalue weighted by molar-refractivity contribution is 6.36. The number of ether oxygens (including phenoxy) is 1. The number of aliphatic hydroxyl groups excluding tert-OH is 1. The van der Waals surface area contributed by atoms with Crippen LogP contribution in [0.5, 0.6) is 0 Å². The van der Waals surface area contributed by atoms with Crippen LogP contribution in [-0.4, -0.2) is 39.6 Å². The van der Waals surface area contributed by atoms with Gasteiger partial charge in [-0.15, -0.1) is 0 Å². The van der Waals surface area contributed by atoms with Gasteiger partial charge < -0.3 is 9.84 Å². The third kappa shape index (κ3) is 4.55. The molecule has 31 heavy (non-hydrogen) atoms. The van der Waals surface area contributed by atoms with Gasteiger partial charge in [-0.3, -0.25) is 14.9 Å². The number of benzene rings is 2. The third-order valence-corrected chi connectivity index (χ3v) is 4.32. The molecule has 9 heteroatoms. The summed E-state index contributed by atoms with van der Waals surface area (Å²) in [7, 11) is 0. The van der Waals surface area contributed by atoms with Crippen molar-refractivity contribution in [2.45, 2.75) is 26.9 Å². The van der Waals surface area contributed by atoms with Gasteiger partial charge in [0.2, 0.25) is 0 Å². The van der Waals surface area contributed by atoms with Crippen LogP contribution in [0.25, 0.3) is 0 Å². The summed E-state index contributed by atoms with van der Waals surface area (Å²) in [5.41, 5.74) is 1.05. The number of fused-ring (bicyclic) bond motifs is 1. The Morgan fingerprint density at radius 2 is 1.71 bits per heavy atom. The second-order valence-electron chi connectivity index (χ2n) is 6.97. The first kappa shape index (κ1) is 21.6. The SMILES string of the molecule is C/C(O)=C(/C(=O)OC(C)C)C1=NC(=NC(=O)c2ccc([N+](=O)[O-])cc2)c2ccccc21. The number of allylic oxidation sites excluding steroid dienone is 1. The molecule has 1 heterocycles. The van der Waals surface area contributed by atoms with Crippen molar-refractivity contribution in [3.05, 3.63) is 86.7 Å². The lowest BCUT2D eigenvalue weighted by molar-refractivity contribution is -0.384. The van der Waals surface area contributed by atoms with Crippen molar-refractivity contribution in [3.63, 3.8) is 0 Å². The van der Waals surface area contributed by atoms with Crippen molar-refractivity contribution in [2.24, 2.45) is 9.98 Å². The van der Waals surface area contributed by atoms with Gasteiger partial charge in [0.05, 0.1) is 16.7 Å². The molecule has 0 radical (unpaired) electrons. The van der Waals surface area contributed by atoms with E-state index in [1.54, 1.807) is 38.1 Å². The van der Waals surface area contributed by atoms with Gasteiger partial charge in [-0.2, -0.15) is 4.99 Å². The van der Waals surface area contributed by atoms with E-state index in [4.69, 9.17) is 4.74 Å². The van der Waals surface area contributed by atoms with E-state index in [1.165, 1.54) is 31.2 Å². The van der Waals surface area contributed by atoms with Crippen molar-refractivity contribution in [3.8, 4) is 0 Å². The van der Waals surface area contributed by atoms with Crippen molar-refractivity contribution in [2.75, 3.05) is 0 Å². The van der Waals surface area contributed by atoms with Crippen LogP contribution >= 0.6 is 0 Å². The summed E-state index contributed by atoms with van der Waals surface area (Å²) in [5.74, 6) is -1.61. The van der Waals surface area contributed by atoms with E-state index < -0.39 is 22.9 Å². The number of nitro benzene ring substituents is 1. The number of hydrogen-bond donors (Lipinski definition) is 1. The Balaban J connectivity index is 2.04. The van der Waals surface area contributed by atoms with E-state index in [-0.39, 0.29) is 34.1 Å². The van der Waals surface area contributed by atoms with Gasteiger partial charge in [0.25, 0.3) is 11.6 Å². The molecule has 1 N–H and O–H groups in total. The van der Waals surface area contributed by atoms with E-state index in [1.807, 2.05) is 0 Å². The Bertz CT molecular complexity index is 1160. The van der Waals surface area contributed by atoms with Crippen molar-refractivity contribution in [1.82, 2.24) is 0 Å². The van der Waals surface area contributed by atoms with Gasteiger partial charge in [-0.25, -0.2) is 9.79 Å². The predicted molar refractivity (Wildman–Crippen MR) is 113 cm³/mol. The second-order valence-corrected chi connectivity index (χ2v) is 6.97. The number of rotatable bonds is 5. The lowest BCUT2D eigenvalue weighted by Crippen LogP contribution is -2.21. The molecule has 0 saturated carbocycles. The molecule has 9 nitrogen and oxygen atoms in total. The van der Waals surface area contributed by atoms with Gasteiger partial charge in [0, 0.05) is 28.8 Å². The summed E-state index contributed by atoms with van der Waals surface area (Å²) in [6.07, 6.45) is -0.407. The molecule has 0 bridgehead atoms. The maximum absolute atomic E-state index is 12.6. The Hall–Kier alpha value is -4.14. The van der Waals surface area contributed by atoms with E-state index >= 15 is 0 Å². The largest absolute Gasteiger partial charge is 0.512 e. The zero-order valence-corrected chi connectivity index (χ0v) is 17.0. The Morgan fingerprint density at radius 1 is 1.10 bits per heavy atom. The molecule has 0 saturated heterocycles. The average molecular weight is 421 g/mol. The standard InChI is InChI=1S/C22H19N3O6/c1-12(2)31-22(28)18(13(3)26)19-16-6-4-5-7-17(16)20(23-19)24-21(27)14-8-10-15(11-9-14)25(29)30/h4-12,26H,1-3H3/b18-13-,24-20?. The number of amides is 1. The molecule has 3 rings (SSSR count). The highest BCUT2D eigenvalue weighted by atomic mass is 16.6. The van der Waals surface area contributed by atoms with Gasteiger partial charge in [-0.1, -0.05) is 24.3 Å². The molecule has 1 amide bonds. The first-order chi connectivity index (χ1) is 14.7. The number of aliphatic hydroxyl groups is 1. The van der Waals surface area contributed by atoms with Gasteiger partial charge in [0.1, 0.15) is 11.3 Å². The second kappa shape index (κ2) is 8.70. The zero-order valence-electron chi connectivity index (χ0n) is 17.0. The molecule has 0 aliphatic carbocycles. The molecule has 2 aromatic carbocycles. The minimum absolute atomic E-state index is 0.0602. The van der Waals surface area contributed by atoms with E-state index in [9.17, 15) is 24.8 Å². The molecular weight excluding hydrogens is 402 g/mol. The number of amidine groups is 1. The Morgan fingerprint density at radius 3 is 2.26 bits per heavy atom. The quantitative estimate of drug-likeness (QED) is 0.257. The summed E-state index contributed by atoms with van der Waals surface area (Å²) < 4.78 is 5.22. The maximum Gasteiger partial charge on any atom is 0.344 e. The molecule has 0 spiro atoms. The topological polar surface area (TPSA) is 131 Å². The molecular formula is C22H19N3O6. The molecule has 158 valence electrons. The maximum atomic E-state index is 12.6. The summed E-state index contributed by atoms with van der Waals surface area (Å²) in [5, 5.41) is 20.9. The summed E-state index contributed by atoms with van der Waals surface area (Å²) in [4.78, 5) is 43.7. The number of carbonyl (C=O) groups is 2. The summed E-state index contributed by atoms with van der Waals surface area (Å²) >= 11 is 0. The molecule has 0 unspecified atom stereocenters. The molecule has 1 aliphatic heterocycles. The zero-order chi connectivity index (χ0) is 22.7. The lowest BCUT2D eigenvalue weighted by Gasteiger charge is -2.12. The first-order valence-electron chi connectivity index (χ1n) is 9.36. The normalized spacial score (nSPS) is 14.7.